The Kier molecular flexibility index (Phi) is 7.38. The molecule has 0 radical (unpaired) electrons. The van der Waals surface area contributed by atoms with Gasteiger partial charge in [-0.25, -0.2) is 0 Å². The van der Waals surface area contributed by atoms with Gasteiger partial charge in [0.05, 0.1) is 14.2 Å². The topological polar surface area (TPSA) is 76.1 Å². The molecule has 1 aromatic rings. The number of benzene rings is 1. The van der Waals surface area contributed by atoms with Gasteiger partial charge in [0.2, 0.25) is 5.91 Å². The average molecular weight is 323 g/mol. The first-order valence-electron chi connectivity index (χ1n) is 7.56. The maximum absolute atomic E-state index is 12.1. The molecule has 0 atom stereocenters. The number of unbranched alkanes of at least 4 members (excludes halogenated alkanes) is 1. The van der Waals surface area contributed by atoms with Crippen molar-refractivity contribution in [2.24, 2.45) is 0 Å². The minimum atomic E-state index is -0.827. The number of hydrogen-bond acceptors (Lipinski definition) is 4. The Balaban J connectivity index is 2.64. The van der Waals surface area contributed by atoms with Crippen LogP contribution in [0.15, 0.2) is 12.1 Å². The van der Waals surface area contributed by atoms with E-state index in [1.807, 2.05) is 19.1 Å². The molecule has 0 bridgehead atoms. The minimum absolute atomic E-state index is 0.00423. The molecule has 0 aliphatic carbocycles. The molecule has 0 heterocycles. The fourth-order valence-electron chi connectivity index (χ4n) is 2.28. The molecular weight excluding hydrogens is 298 g/mol. The summed E-state index contributed by atoms with van der Waals surface area (Å²) in [4.78, 5) is 24.2. The Hall–Kier alpha value is -2.24. The first-order valence-corrected chi connectivity index (χ1v) is 7.56. The van der Waals surface area contributed by atoms with Gasteiger partial charge in [-0.05, 0) is 43.0 Å². The molecular formula is C17H25NO5. The van der Waals surface area contributed by atoms with E-state index in [9.17, 15) is 9.59 Å². The highest BCUT2D eigenvalue weighted by atomic mass is 16.5. The summed E-state index contributed by atoms with van der Waals surface area (Å²) in [6.07, 6.45) is 1.56. The number of methoxy groups -OCH3 is 2. The van der Waals surface area contributed by atoms with Crippen molar-refractivity contribution in [1.82, 2.24) is 4.90 Å². The van der Waals surface area contributed by atoms with Crippen molar-refractivity contribution in [3.63, 3.8) is 0 Å². The summed E-state index contributed by atoms with van der Waals surface area (Å²) >= 11 is 0. The van der Waals surface area contributed by atoms with E-state index in [-0.39, 0.29) is 12.3 Å². The number of carbonyl (C=O) groups excluding carboxylic acids is 1. The van der Waals surface area contributed by atoms with Crippen molar-refractivity contribution in [1.29, 1.82) is 0 Å². The van der Waals surface area contributed by atoms with Crippen LogP contribution in [0, 0.1) is 6.92 Å². The van der Waals surface area contributed by atoms with Gasteiger partial charge >= 0.3 is 5.97 Å². The van der Waals surface area contributed by atoms with Gasteiger partial charge in [0, 0.05) is 26.4 Å². The second kappa shape index (κ2) is 9.02. The highest BCUT2D eigenvalue weighted by molar-refractivity contribution is 5.76. The number of ether oxygens (including phenoxy) is 2. The molecule has 0 aromatic heterocycles. The van der Waals surface area contributed by atoms with Gasteiger partial charge < -0.3 is 19.5 Å². The van der Waals surface area contributed by atoms with Crippen molar-refractivity contribution in [3.8, 4) is 11.5 Å². The van der Waals surface area contributed by atoms with Crippen LogP contribution in [0.25, 0.3) is 0 Å². The van der Waals surface area contributed by atoms with Crippen LogP contribution in [0.4, 0.5) is 0 Å². The SMILES string of the molecule is COc1cc(C)c(CN(C)C(=O)CCCCC(=O)O)cc1OC. The number of carbonyl (C=O) groups is 2. The zero-order valence-corrected chi connectivity index (χ0v) is 14.2. The van der Waals surface area contributed by atoms with E-state index in [1.54, 1.807) is 26.2 Å². The number of nitrogens with zero attached hydrogens (tertiary/aromatic N) is 1. The molecule has 0 saturated carbocycles. The highest BCUT2D eigenvalue weighted by Crippen LogP contribution is 2.30. The van der Waals surface area contributed by atoms with E-state index >= 15 is 0 Å². The monoisotopic (exact) mass is 323 g/mol. The summed E-state index contributed by atoms with van der Waals surface area (Å²) in [5, 5.41) is 8.59. The molecule has 0 fully saturated rings. The van der Waals surface area contributed by atoms with E-state index in [2.05, 4.69) is 0 Å². The lowest BCUT2D eigenvalue weighted by molar-refractivity contribution is -0.137. The van der Waals surface area contributed by atoms with E-state index in [4.69, 9.17) is 14.6 Å². The average Bonchev–Trinajstić information content (AvgIpc) is 2.52. The third-order valence-electron chi connectivity index (χ3n) is 3.71. The maximum Gasteiger partial charge on any atom is 0.303 e. The van der Waals surface area contributed by atoms with Crippen LogP contribution in [-0.2, 0) is 16.1 Å². The van der Waals surface area contributed by atoms with Gasteiger partial charge in [0.15, 0.2) is 11.5 Å². The van der Waals surface area contributed by atoms with Crippen molar-refractivity contribution < 1.29 is 24.2 Å². The second-order valence-electron chi connectivity index (χ2n) is 5.48. The molecule has 0 aliphatic heterocycles. The van der Waals surface area contributed by atoms with Crippen LogP contribution < -0.4 is 9.47 Å². The minimum Gasteiger partial charge on any atom is -0.493 e. The molecule has 0 saturated heterocycles. The van der Waals surface area contributed by atoms with Gasteiger partial charge in [-0.2, -0.15) is 0 Å². The summed E-state index contributed by atoms with van der Waals surface area (Å²) in [7, 11) is 4.91. The van der Waals surface area contributed by atoms with Crippen LogP contribution in [0.5, 0.6) is 11.5 Å². The largest absolute Gasteiger partial charge is 0.493 e. The molecule has 0 aliphatic rings. The Labute approximate surface area is 137 Å². The number of carboxylic acids is 1. The summed E-state index contributed by atoms with van der Waals surface area (Å²) in [6, 6.07) is 3.77. The smallest absolute Gasteiger partial charge is 0.303 e. The lowest BCUT2D eigenvalue weighted by Gasteiger charge is -2.20. The fraction of sp³-hybridized carbons (Fsp3) is 0.529. The molecule has 6 nitrogen and oxygen atoms in total. The van der Waals surface area contributed by atoms with Gasteiger partial charge in [-0.3, -0.25) is 9.59 Å². The van der Waals surface area contributed by atoms with Crippen molar-refractivity contribution in [2.45, 2.75) is 39.2 Å². The Morgan fingerprint density at radius 2 is 1.65 bits per heavy atom. The van der Waals surface area contributed by atoms with Crippen molar-refractivity contribution in [2.75, 3.05) is 21.3 Å². The molecule has 1 amide bonds. The molecule has 23 heavy (non-hydrogen) atoms. The Morgan fingerprint density at radius 1 is 1.09 bits per heavy atom. The molecule has 6 heteroatoms. The number of aliphatic carboxylic acids is 1. The van der Waals surface area contributed by atoms with Gasteiger partial charge in [0.25, 0.3) is 0 Å². The number of hydrogen-bond donors (Lipinski definition) is 1. The second-order valence-corrected chi connectivity index (χ2v) is 5.48. The quantitative estimate of drug-likeness (QED) is 0.707. The van der Waals surface area contributed by atoms with Crippen LogP contribution >= 0.6 is 0 Å². The lowest BCUT2D eigenvalue weighted by Crippen LogP contribution is -2.26. The third kappa shape index (κ3) is 5.81. The first-order chi connectivity index (χ1) is 10.9. The number of aryl methyl sites for hydroxylation is 1. The van der Waals surface area contributed by atoms with Gasteiger partial charge in [-0.1, -0.05) is 0 Å². The van der Waals surface area contributed by atoms with E-state index in [0.717, 1.165) is 11.1 Å². The third-order valence-corrected chi connectivity index (χ3v) is 3.71. The van der Waals surface area contributed by atoms with Crippen molar-refractivity contribution in [3.05, 3.63) is 23.3 Å². The molecule has 0 spiro atoms. The van der Waals surface area contributed by atoms with Crippen LogP contribution in [0.2, 0.25) is 0 Å². The zero-order valence-electron chi connectivity index (χ0n) is 14.2. The van der Waals surface area contributed by atoms with Crippen LogP contribution in [0.1, 0.15) is 36.8 Å². The molecule has 0 unspecified atom stereocenters. The molecule has 1 N–H and O–H groups in total. The Bertz CT molecular complexity index is 556. The Morgan fingerprint density at radius 3 is 2.22 bits per heavy atom. The summed E-state index contributed by atoms with van der Waals surface area (Å²) in [5.41, 5.74) is 2.01. The number of amides is 1. The molecule has 1 aromatic carbocycles. The number of rotatable bonds is 9. The summed E-state index contributed by atoms with van der Waals surface area (Å²) < 4.78 is 10.5. The lowest BCUT2D eigenvalue weighted by atomic mass is 10.1. The van der Waals surface area contributed by atoms with E-state index in [0.29, 0.717) is 37.3 Å². The highest BCUT2D eigenvalue weighted by Gasteiger charge is 2.13. The normalized spacial score (nSPS) is 10.3. The van der Waals surface area contributed by atoms with E-state index < -0.39 is 5.97 Å². The summed E-state index contributed by atoms with van der Waals surface area (Å²) in [5.74, 6) is 0.475. The predicted molar refractivity (Wildman–Crippen MR) is 86.9 cm³/mol. The molecule has 1 rings (SSSR count). The standard InChI is InChI=1S/C17H25NO5/c1-12-9-14(22-3)15(23-4)10-13(12)11-18(2)16(19)7-5-6-8-17(20)21/h9-10H,5-8,11H2,1-4H3,(H,20,21). The van der Waals surface area contributed by atoms with Crippen LogP contribution in [-0.4, -0.2) is 43.2 Å². The van der Waals surface area contributed by atoms with Gasteiger partial charge in [-0.15, -0.1) is 0 Å². The van der Waals surface area contributed by atoms with E-state index in [1.165, 1.54) is 0 Å². The zero-order chi connectivity index (χ0) is 17.4. The fourth-order valence-corrected chi connectivity index (χ4v) is 2.28. The number of carboxylic acid groups (broad SMARTS) is 1. The maximum atomic E-state index is 12.1. The predicted octanol–water partition coefficient (Wildman–Crippen LogP) is 2.62. The molecule has 128 valence electrons. The van der Waals surface area contributed by atoms with Crippen molar-refractivity contribution >= 4 is 11.9 Å². The summed E-state index contributed by atoms with van der Waals surface area (Å²) in [6.45, 7) is 2.44. The first kappa shape index (κ1) is 18.8. The van der Waals surface area contributed by atoms with Gasteiger partial charge in [0.1, 0.15) is 0 Å². The van der Waals surface area contributed by atoms with Crippen LogP contribution in [0.3, 0.4) is 0 Å².